The van der Waals surface area contributed by atoms with Crippen molar-refractivity contribution in [1.82, 2.24) is 19.4 Å². The summed E-state index contributed by atoms with van der Waals surface area (Å²) in [5, 5.41) is 6.30. The van der Waals surface area contributed by atoms with Crippen LogP contribution in [0.1, 0.15) is 19.8 Å². The summed E-state index contributed by atoms with van der Waals surface area (Å²) in [4.78, 5) is 2.67. The van der Waals surface area contributed by atoms with Gasteiger partial charge in [-0.05, 0) is 26.3 Å². The van der Waals surface area contributed by atoms with Crippen LogP contribution in [0.25, 0.3) is 0 Å². The molecule has 2 aliphatic heterocycles. The summed E-state index contributed by atoms with van der Waals surface area (Å²) in [6, 6.07) is 0.419. The highest BCUT2D eigenvalue weighted by molar-refractivity contribution is 7.89. The lowest BCUT2D eigenvalue weighted by molar-refractivity contribution is 0.117. The molecule has 2 fully saturated rings. The Bertz CT molecular complexity index is 513. The third kappa shape index (κ3) is 1.86. The van der Waals surface area contributed by atoms with Crippen LogP contribution in [0.15, 0.2) is 17.3 Å². The van der Waals surface area contributed by atoms with Gasteiger partial charge in [0.1, 0.15) is 4.90 Å². The standard InChI is InChI=1S/C11H18N4O2S/c1-9-7-14-4-2-3-10(14)8-15(9)18(16,17)11-5-12-13-6-11/h5-6,9-10H,2-4,7-8H2,1H3,(H,12,13). The number of aromatic nitrogens is 2. The van der Waals surface area contributed by atoms with E-state index in [-0.39, 0.29) is 10.9 Å². The zero-order valence-corrected chi connectivity index (χ0v) is 11.2. The van der Waals surface area contributed by atoms with E-state index in [1.54, 1.807) is 4.31 Å². The highest BCUT2D eigenvalue weighted by atomic mass is 32.2. The zero-order chi connectivity index (χ0) is 12.8. The molecular formula is C11H18N4O2S. The van der Waals surface area contributed by atoms with Gasteiger partial charge < -0.3 is 0 Å². The normalized spacial score (nSPS) is 30.5. The predicted molar refractivity (Wildman–Crippen MR) is 66.5 cm³/mol. The quantitative estimate of drug-likeness (QED) is 0.837. The van der Waals surface area contributed by atoms with Gasteiger partial charge in [0.15, 0.2) is 0 Å². The Hall–Kier alpha value is -0.920. The van der Waals surface area contributed by atoms with Crippen LogP contribution in [0.2, 0.25) is 0 Å². The van der Waals surface area contributed by atoms with Gasteiger partial charge in [-0.2, -0.15) is 9.40 Å². The Morgan fingerprint density at radius 2 is 2.28 bits per heavy atom. The van der Waals surface area contributed by atoms with Gasteiger partial charge in [0, 0.05) is 31.4 Å². The van der Waals surface area contributed by atoms with Crippen LogP contribution in [-0.4, -0.2) is 59.5 Å². The number of nitrogens with one attached hydrogen (secondary N) is 1. The van der Waals surface area contributed by atoms with Gasteiger partial charge in [0.25, 0.3) is 0 Å². The van der Waals surface area contributed by atoms with Crippen molar-refractivity contribution in [3.05, 3.63) is 12.4 Å². The molecule has 0 bridgehead atoms. The van der Waals surface area contributed by atoms with Crippen LogP contribution in [0.5, 0.6) is 0 Å². The Kier molecular flexibility index (Phi) is 2.91. The number of piperazine rings is 1. The van der Waals surface area contributed by atoms with Crippen molar-refractivity contribution in [3.8, 4) is 0 Å². The second kappa shape index (κ2) is 4.32. The fraction of sp³-hybridized carbons (Fsp3) is 0.727. The van der Waals surface area contributed by atoms with Gasteiger partial charge in [0.05, 0.1) is 6.20 Å². The molecular weight excluding hydrogens is 252 g/mol. The van der Waals surface area contributed by atoms with E-state index in [1.165, 1.54) is 18.8 Å². The van der Waals surface area contributed by atoms with Crippen LogP contribution in [-0.2, 0) is 10.0 Å². The first kappa shape index (κ1) is 12.1. The van der Waals surface area contributed by atoms with Crippen molar-refractivity contribution in [3.63, 3.8) is 0 Å². The summed E-state index contributed by atoms with van der Waals surface area (Å²) >= 11 is 0. The molecule has 2 aliphatic rings. The number of hydrogen-bond donors (Lipinski definition) is 1. The third-order valence-corrected chi connectivity index (χ3v) is 5.91. The number of nitrogens with zero attached hydrogens (tertiary/aromatic N) is 3. The minimum absolute atomic E-state index is 0.0271. The molecule has 0 saturated carbocycles. The minimum atomic E-state index is -3.39. The fourth-order valence-electron chi connectivity index (χ4n) is 3.01. The summed E-state index contributed by atoms with van der Waals surface area (Å²) < 4.78 is 26.6. The molecule has 1 aromatic rings. The summed E-state index contributed by atoms with van der Waals surface area (Å²) in [6.07, 6.45) is 5.10. The Morgan fingerprint density at radius 3 is 3.00 bits per heavy atom. The predicted octanol–water partition coefficient (Wildman–Crippen LogP) is 0.267. The molecule has 2 unspecified atom stereocenters. The van der Waals surface area contributed by atoms with Gasteiger partial charge in [-0.25, -0.2) is 8.42 Å². The molecule has 2 saturated heterocycles. The first-order chi connectivity index (χ1) is 8.59. The van der Waals surface area contributed by atoms with Gasteiger partial charge in [-0.3, -0.25) is 10.00 Å². The van der Waals surface area contributed by atoms with Gasteiger partial charge in [-0.15, -0.1) is 0 Å². The van der Waals surface area contributed by atoms with Crippen molar-refractivity contribution in [2.24, 2.45) is 0 Å². The number of fused-ring (bicyclic) bond motifs is 1. The molecule has 6 nitrogen and oxygen atoms in total. The molecule has 2 atom stereocenters. The highest BCUT2D eigenvalue weighted by Crippen LogP contribution is 2.28. The molecule has 3 heterocycles. The molecule has 1 aromatic heterocycles. The summed E-state index contributed by atoms with van der Waals surface area (Å²) in [5.41, 5.74) is 0. The van der Waals surface area contributed by atoms with E-state index in [0.29, 0.717) is 12.6 Å². The van der Waals surface area contributed by atoms with Crippen molar-refractivity contribution in [2.75, 3.05) is 19.6 Å². The first-order valence-electron chi connectivity index (χ1n) is 6.34. The van der Waals surface area contributed by atoms with Crippen molar-refractivity contribution in [2.45, 2.75) is 36.7 Å². The molecule has 0 aromatic carbocycles. The van der Waals surface area contributed by atoms with Crippen LogP contribution in [0.3, 0.4) is 0 Å². The molecule has 0 aliphatic carbocycles. The maximum atomic E-state index is 12.5. The second-order valence-electron chi connectivity index (χ2n) is 5.15. The van der Waals surface area contributed by atoms with Gasteiger partial charge >= 0.3 is 0 Å². The lowest BCUT2D eigenvalue weighted by Gasteiger charge is -2.41. The van der Waals surface area contributed by atoms with E-state index < -0.39 is 10.0 Å². The fourth-order valence-corrected chi connectivity index (χ4v) is 4.58. The first-order valence-corrected chi connectivity index (χ1v) is 7.78. The Morgan fingerprint density at radius 1 is 1.44 bits per heavy atom. The lowest BCUT2D eigenvalue weighted by atomic mass is 10.1. The van der Waals surface area contributed by atoms with Crippen LogP contribution in [0.4, 0.5) is 0 Å². The maximum Gasteiger partial charge on any atom is 0.246 e. The minimum Gasteiger partial charge on any atom is -0.297 e. The smallest absolute Gasteiger partial charge is 0.246 e. The molecule has 18 heavy (non-hydrogen) atoms. The average molecular weight is 270 g/mol. The number of H-pyrrole nitrogens is 1. The lowest BCUT2D eigenvalue weighted by Crippen LogP contribution is -2.56. The van der Waals surface area contributed by atoms with Crippen molar-refractivity contribution >= 4 is 10.0 Å². The van der Waals surface area contributed by atoms with Crippen molar-refractivity contribution in [1.29, 1.82) is 0 Å². The monoisotopic (exact) mass is 270 g/mol. The van der Waals surface area contributed by atoms with E-state index >= 15 is 0 Å². The van der Waals surface area contributed by atoms with E-state index in [0.717, 1.165) is 19.5 Å². The largest absolute Gasteiger partial charge is 0.297 e. The molecule has 100 valence electrons. The van der Waals surface area contributed by atoms with E-state index in [9.17, 15) is 8.42 Å². The second-order valence-corrected chi connectivity index (χ2v) is 7.04. The summed E-state index contributed by atoms with van der Waals surface area (Å²) in [7, 11) is -3.39. The highest BCUT2D eigenvalue weighted by Gasteiger charge is 2.40. The molecule has 0 radical (unpaired) electrons. The zero-order valence-electron chi connectivity index (χ0n) is 10.4. The van der Waals surface area contributed by atoms with Crippen LogP contribution < -0.4 is 0 Å². The van der Waals surface area contributed by atoms with E-state index in [4.69, 9.17) is 0 Å². The number of aromatic amines is 1. The van der Waals surface area contributed by atoms with Crippen LogP contribution >= 0.6 is 0 Å². The van der Waals surface area contributed by atoms with Gasteiger partial charge in [0.2, 0.25) is 10.0 Å². The summed E-state index contributed by atoms with van der Waals surface area (Å²) in [5.74, 6) is 0. The Balaban J connectivity index is 1.88. The number of sulfonamides is 1. The topological polar surface area (TPSA) is 69.3 Å². The third-order valence-electron chi connectivity index (χ3n) is 3.96. The Labute approximate surface area is 107 Å². The molecule has 7 heteroatoms. The maximum absolute atomic E-state index is 12.5. The molecule has 1 N–H and O–H groups in total. The molecule has 3 rings (SSSR count). The van der Waals surface area contributed by atoms with Crippen molar-refractivity contribution < 1.29 is 8.42 Å². The van der Waals surface area contributed by atoms with Crippen LogP contribution in [0, 0.1) is 0 Å². The van der Waals surface area contributed by atoms with Gasteiger partial charge in [-0.1, -0.05) is 0 Å². The van der Waals surface area contributed by atoms with E-state index in [1.807, 2.05) is 6.92 Å². The average Bonchev–Trinajstić information content (AvgIpc) is 2.98. The van der Waals surface area contributed by atoms with E-state index in [2.05, 4.69) is 15.1 Å². The molecule has 0 amide bonds. The molecule has 0 spiro atoms. The number of hydrogen-bond acceptors (Lipinski definition) is 4. The summed E-state index contributed by atoms with van der Waals surface area (Å²) in [6.45, 7) is 4.53. The number of rotatable bonds is 2. The SMILES string of the molecule is CC1CN2CCCC2CN1S(=O)(=O)c1cn[nH]c1.